The molecule has 0 atom stereocenters. The van der Waals surface area contributed by atoms with Crippen LogP contribution in [0, 0.1) is 0 Å². The lowest BCUT2D eigenvalue weighted by molar-refractivity contribution is 0.112. The van der Waals surface area contributed by atoms with E-state index in [1.807, 2.05) is 24.3 Å². The Bertz CT molecular complexity index is 488. The second-order valence-corrected chi connectivity index (χ2v) is 5.03. The fraction of sp³-hybridized carbons (Fsp3) is 0.231. The van der Waals surface area contributed by atoms with E-state index in [-0.39, 0.29) is 0 Å². The summed E-state index contributed by atoms with van der Waals surface area (Å²) in [6, 6.07) is 7.76. The van der Waals surface area contributed by atoms with E-state index in [0.29, 0.717) is 5.92 Å². The zero-order valence-electron chi connectivity index (χ0n) is 9.31. The quantitative estimate of drug-likeness (QED) is 0.753. The number of nitrogens with zero attached hydrogens (tertiary/aromatic N) is 1. The van der Waals surface area contributed by atoms with Crippen LogP contribution >= 0.6 is 11.3 Å². The summed E-state index contributed by atoms with van der Waals surface area (Å²) in [6.07, 6.45) is 2.68. The van der Waals surface area contributed by atoms with Crippen molar-refractivity contribution in [3.05, 3.63) is 40.2 Å². The van der Waals surface area contributed by atoms with Crippen molar-refractivity contribution in [2.75, 3.05) is 0 Å². The molecular weight excluding hydrogens is 218 g/mol. The van der Waals surface area contributed by atoms with Crippen molar-refractivity contribution in [1.82, 2.24) is 4.98 Å². The highest BCUT2D eigenvalue weighted by Gasteiger charge is 2.13. The number of pyridine rings is 1. The van der Waals surface area contributed by atoms with Crippen molar-refractivity contribution in [2.45, 2.75) is 19.8 Å². The maximum Gasteiger partial charge on any atom is 0.160 e. The van der Waals surface area contributed by atoms with Crippen LogP contribution in [0.15, 0.2) is 30.5 Å². The Morgan fingerprint density at radius 1 is 1.38 bits per heavy atom. The van der Waals surface area contributed by atoms with Gasteiger partial charge < -0.3 is 0 Å². The van der Waals surface area contributed by atoms with E-state index in [0.717, 1.165) is 22.4 Å². The third kappa shape index (κ3) is 2.04. The highest BCUT2D eigenvalue weighted by Crippen LogP contribution is 2.34. The largest absolute Gasteiger partial charge is 0.297 e. The summed E-state index contributed by atoms with van der Waals surface area (Å²) in [4.78, 5) is 17.1. The second kappa shape index (κ2) is 4.58. The minimum absolute atomic E-state index is 0.413. The molecule has 0 fully saturated rings. The minimum Gasteiger partial charge on any atom is -0.297 e. The van der Waals surface area contributed by atoms with E-state index >= 15 is 0 Å². The molecule has 0 N–H and O–H groups in total. The average Bonchev–Trinajstić information content (AvgIpc) is 2.74. The normalized spacial score (nSPS) is 10.7. The SMILES string of the molecule is CC(C)c1sc(C=O)cc1-c1ccccn1. The molecule has 0 aliphatic rings. The number of aromatic nitrogens is 1. The highest BCUT2D eigenvalue weighted by atomic mass is 32.1. The number of thiophene rings is 1. The topological polar surface area (TPSA) is 30.0 Å². The summed E-state index contributed by atoms with van der Waals surface area (Å²) in [5, 5.41) is 0. The third-order valence-electron chi connectivity index (χ3n) is 2.36. The number of hydrogen-bond acceptors (Lipinski definition) is 3. The van der Waals surface area contributed by atoms with E-state index in [9.17, 15) is 4.79 Å². The van der Waals surface area contributed by atoms with Crippen LogP contribution in [0.4, 0.5) is 0 Å². The maximum atomic E-state index is 10.8. The van der Waals surface area contributed by atoms with Crippen LogP contribution in [-0.2, 0) is 0 Å². The van der Waals surface area contributed by atoms with Gasteiger partial charge in [-0.15, -0.1) is 11.3 Å². The van der Waals surface area contributed by atoms with Gasteiger partial charge in [0.2, 0.25) is 0 Å². The summed E-state index contributed by atoms with van der Waals surface area (Å²) in [7, 11) is 0. The lowest BCUT2D eigenvalue weighted by Gasteiger charge is -2.05. The number of carbonyl (C=O) groups is 1. The van der Waals surface area contributed by atoms with Crippen LogP contribution in [0.2, 0.25) is 0 Å². The maximum absolute atomic E-state index is 10.8. The van der Waals surface area contributed by atoms with Crippen LogP contribution < -0.4 is 0 Å². The van der Waals surface area contributed by atoms with Gasteiger partial charge in [-0.05, 0) is 24.1 Å². The van der Waals surface area contributed by atoms with Crippen molar-refractivity contribution in [3.8, 4) is 11.3 Å². The molecule has 3 heteroatoms. The Morgan fingerprint density at radius 2 is 2.19 bits per heavy atom. The number of aldehydes is 1. The second-order valence-electron chi connectivity index (χ2n) is 3.91. The Labute approximate surface area is 99.0 Å². The van der Waals surface area contributed by atoms with E-state index in [4.69, 9.17) is 0 Å². The van der Waals surface area contributed by atoms with Gasteiger partial charge in [0.1, 0.15) is 0 Å². The number of carbonyl (C=O) groups excluding carboxylic acids is 1. The summed E-state index contributed by atoms with van der Waals surface area (Å²) in [5.74, 6) is 0.413. The summed E-state index contributed by atoms with van der Waals surface area (Å²) in [6.45, 7) is 4.26. The van der Waals surface area contributed by atoms with Crippen LogP contribution in [0.3, 0.4) is 0 Å². The molecule has 16 heavy (non-hydrogen) atoms. The molecule has 0 spiro atoms. The first-order chi connectivity index (χ1) is 7.72. The molecule has 0 aliphatic heterocycles. The molecule has 0 radical (unpaired) electrons. The molecule has 0 bridgehead atoms. The zero-order chi connectivity index (χ0) is 11.5. The van der Waals surface area contributed by atoms with Gasteiger partial charge in [-0.2, -0.15) is 0 Å². The van der Waals surface area contributed by atoms with Crippen LogP contribution in [0.1, 0.15) is 34.3 Å². The molecule has 0 saturated carbocycles. The lowest BCUT2D eigenvalue weighted by Crippen LogP contribution is -1.87. The molecule has 82 valence electrons. The van der Waals surface area contributed by atoms with Crippen LogP contribution in [0.25, 0.3) is 11.3 Å². The highest BCUT2D eigenvalue weighted by molar-refractivity contribution is 7.14. The fourth-order valence-electron chi connectivity index (χ4n) is 1.63. The molecule has 0 saturated heterocycles. The van der Waals surface area contributed by atoms with Crippen molar-refractivity contribution < 1.29 is 4.79 Å². The van der Waals surface area contributed by atoms with Crippen molar-refractivity contribution in [1.29, 1.82) is 0 Å². The molecule has 2 rings (SSSR count). The molecule has 2 nitrogen and oxygen atoms in total. The van der Waals surface area contributed by atoms with Gasteiger partial charge in [0.05, 0.1) is 10.6 Å². The standard InChI is InChI=1S/C13H13NOS/c1-9(2)13-11(7-10(8-15)16-13)12-5-3-4-6-14-12/h3-9H,1-2H3. The van der Waals surface area contributed by atoms with Crippen molar-refractivity contribution in [2.24, 2.45) is 0 Å². The molecule has 0 aromatic carbocycles. The van der Waals surface area contributed by atoms with Gasteiger partial charge in [0, 0.05) is 16.6 Å². The van der Waals surface area contributed by atoms with Gasteiger partial charge in [-0.3, -0.25) is 9.78 Å². The van der Waals surface area contributed by atoms with Gasteiger partial charge in [0.25, 0.3) is 0 Å². The number of rotatable bonds is 3. The fourth-order valence-corrected chi connectivity index (χ4v) is 2.62. The first kappa shape index (κ1) is 11.0. The lowest BCUT2D eigenvalue weighted by atomic mass is 10.1. The summed E-state index contributed by atoms with van der Waals surface area (Å²) in [5.41, 5.74) is 2.03. The number of hydrogen-bond donors (Lipinski definition) is 0. The Balaban J connectivity index is 2.55. The molecular formula is C13H13NOS. The van der Waals surface area contributed by atoms with Crippen molar-refractivity contribution >= 4 is 17.6 Å². The van der Waals surface area contributed by atoms with Gasteiger partial charge in [-0.1, -0.05) is 19.9 Å². The van der Waals surface area contributed by atoms with Crippen LogP contribution in [0.5, 0.6) is 0 Å². The van der Waals surface area contributed by atoms with Gasteiger partial charge in [0.15, 0.2) is 6.29 Å². The van der Waals surface area contributed by atoms with Crippen LogP contribution in [-0.4, -0.2) is 11.3 Å². The molecule has 0 unspecified atom stereocenters. The molecule has 2 heterocycles. The summed E-state index contributed by atoms with van der Waals surface area (Å²) >= 11 is 1.55. The Kier molecular flexibility index (Phi) is 3.15. The Hall–Kier alpha value is -1.48. The van der Waals surface area contributed by atoms with E-state index in [2.05, 4.69) is 18.8 Å². The monoisotopic (exact) mass is 231 g/mol. The average molecular weight is 231 g/mol. The van der Waals surface area contributed by atoms with Gasteiger partial charge in [-0.25, -0.2) is 0 Å². The predicted octanol–water partition coefficient (Wildman–Crippen LogP) is 3.75. The first-order valence-electron chi connectivity index (χ1n) is 5.22. The van der Waals surface area contributed by atoms with E-state index < -0.39 is 0 Å². The minimum atomic E-state index is 0.413. The molecule has 2 aromatic rings. The predicted molar refractivity (Wildman–Crippen MR) is 67.0 cm³/mol. The molecule has 2 aromatic heterocycles. The van der Waals surface area contributed by atoms with Crippen molar-refractivity contribution in [3.63, 3.8) is 0 Å². The summed E-state index contributed by atoms with van der Waals surface area (Å²) < 4.78 is 0. The first-order valence-corrected chi connectivity index (χ1v) is 6.04. The smallest absolute Gasteiger partial charge is 0.160 e. The van der Waals surface area contributed by atoms with E-state index in [1.165, 1.54) is 4.88 Å². The molecule has 0 aliphatic carbocycles. The Morgan fingerprint density at radius 3 is 2.75 bits per heavy atom. The molecule has 0 amide bonds. The zero-order valence-corrected chi connectivity index (χ0v) is 10.1. The third-order valence-corrected chi connectivity index (χ3v) is 3.72. The van der Waals surface area contributed by atoms with Gasteiger partial charge >= 0.3 is 0 Å². The van der Waals surface area contributed by atoms with E-state index in [1.54, 1.807) is 17.5 Å².